The van der Waals surface area contributed by atoms with Crippen molar-refractivity contribution in [3.63, 3.8) is 0 Å². The molecule has 0 atom stereocenters. The summed E-state index contributed by atoms with van der Waals surface area (Å²) in [6.45, 7) is 1.87. The first-order chi connectivity index (χ1) is 13.9. The van der Waals surface area contributed by atoms with Crippen molar-refractivity contribution >= 4 is 20.9 Å². The topological polar surface area (TPSA) is 70.2 Å². The van der Waals surface area contributed by atoms with Crippen molar-refractivity contribution in [1.29, 1.82) is 0 Å². The zero-order chi connectivity index (χ0) is 20.6. The number of nitrogens with one attached hydrogen (secondary N) is 1. The van der Waals surface area contributed by atoms with Gasteiger partial charge in [-0.15, -0.1) is 0 Å². The number of rotatable bonds is 5. The molecule has 3 aromatic rings. The maximum atomic E-state index is 14.3. The number of hydrogen-bond acceptors (Lipinski definition) is 3. The fourth-order valence-electron chi connectivity index (χ4n) is 4.04. The molecule has 7 heteroatoms. The van der Waals surface area contributed by atoms with Crippen LogP contribution in [-0.4, -0.2) is 23.7 Å². The molecule has 0 amide bonds. The van der Waals surface area contributed by atoms with Gasteiger partial charge in [0.15, 0.2) is 0 Å². The molecule has 1 aliphatic rings. The van der Waals surface area contributed by atoms with E-state index in [2.05, 4.69) is 4.98 Å². The van der Waals surface area contributed by atoms with E-state index in [0.29, 0.717) is 23.9 Å². The minimum absolute atomic E-state index is 0.0828. The van der Waals surface area contributed by atoms with Crippen LogP contribution < -0.4 is 5.56 Å². The first-order valence-electron chi connectivity index (χ1n) is 9.75. The lowest BCUT2D eigenvalue weighted by atomic mass is 10.1. The van der Waals surface area contributed by atoms with E-state index < -0.39 is 15.8 Å². The molecule has 0 unspecified atom stereocenters. The molecule has 1 heterocycles. The van der Waals surface area contributed by atoms with Gasteiger partial charge in [-0.1, -0.05) is 36.6 Å². The average molecular weight is 415 g/mol. The van der Waals surface area contributed by atoms with Gasteiger partial charge in [0.05, 0.1) is 0 Å². The first-order valence-corrected chi connectivity index (χ1v) is 11.2. The van der Waals surface area contributed by atoms with Gasteiger partial charge in [0, 0.05) is 23.7 Å². The summed E-state index contributed by atoms with van der Waals surface area (Å²) in [6.07, 6.45) is 3.25. The Morgan fingerprint density at radius 3 is 2.55 bits per heavy atom. The van der Waals surface area contributed by atoms with E-state index in [1.165, 1.54) is 22.5 Å². The summed E-state index contributed by atoms with van der Waals surface area (Å²) in [6, 6.07) is 12.6. The van der Waals surface area contributed by atoms with Crippen LogP contribution in [0.4, 0.5) is 4.39 Å². The monoisotopic (exact) mass is 414 g/mol. The number of hydrogen-bond donors (Lipinski definition) is 1. The highest BCUT2D eigenvalue weighted by Crippen LogP contribution is 2.31. The molecule has 1 aromatic heterocycles. The van der Waals surface area contributed by atoms with Crippen molar-refractivity contribution in [3.05, 3.63) is 75.8 Å². The summed E-state index contributed by atoms with van der Waals surface area (Å²) in [4.78, 5) is 15.1. The predicted octanol–water partition coefficient (Wildman–Crippen LogP) is 4.11. The van der Waals surface area contributed by atoms with E-state index >= 15 is 0 Å². The number of H-pyrrole nitrogens is 1. The van der Waals surface area contributed by atoms with Gasteiger partial charge >= 0.3 is 0 Å². The molecule has 1 N–H and O–H groups in total. The number of pyridine rings is 1. The Kier molecular flexibility index (Phi) is 5.27. The summed E-state index contributed by atoms with van der Waals surface area (Å²) in [5, 5.41) is 0.842. The molecule has 0 spiro atoms. The third-order valence-corrected chi connectivity index (χ3v) is 7.49. The van der Waals surface area contributed by atoms with E-state index in [-0.39, 0.29) is 23.0 Å². The van der Waals surface area contributed by atoms with E-state index in [1.54, 1.807) is 6.07 Å². The van der Waals surface area contributed by atoms with Crippen LogP contribution in [0.25, 0.3) is 10.9 Å². The van der Waals surface area contributed by atoms with Gasteiger partial charge in [-0.05, 0) is 55.5 Å². The van der Waals surface area contributed by atoms with Crippen LogP contribution in [0.5, 0.6) is 0 Å². The molecule has 2 aromatic carbocycles. The molecule has 0 radical (unpaired) electrons. The van der Waals surface area contributed by atoms with Gasteiger partial charge in [-0.3, -0.25) is 4.79 Å². The maximum absolute atomic E-state index is 14.3. The van der Waals surface area contributed by atoms with Gasteiger partial charge in [0.25, 0.3) is 5.56 Å². The molecule has 152 valence electrons. The zero-order valence-corrected chi connectivity index (χ0v) is 17.0. The number of sulfonamides is 1. The SMILES string of the molecule is Cc1ccc2[nH]c(=O)c(CN(C3CCCC3)S(=O)(=O)c3ccccc3F)cc2c1. The third kappa shape index (κ3) is 3.84. The van der Waals surface area contributed by atoms with Gasteiger partial charge in [-0.25, -0.2) is 12.8 Å². The average Bonchev–Trinajstić information content (AvgIpc) is 3.21. The molecule has 5 nitrogen and oxygen atoms in total. The van der Waals surface area contributed by atoms with Crippen LogP contribution in [0.3, 0.4) is 0 Å². The summed E-state index contributed by atoms with van der Waals surface area (Å²) < 4.78 is 42.3. The maximum Gasteiger partial charge on any atom is 0.252 e. The molecule has 0 aliphatic heterocycles. The normalized spacial score (nSPS) is 15.4. The fourth-order valence-corrected chi connectivity index (χ4v) is 5.77. The standard InChI is InChI=1S/C22H23FN2O3S/c1-15-10-11-20-16(12-15)13-17(22(26)24-20)14-25(18-6-2-3-7-18)29(27,28)21-9-5-4-8-19(21)23/h4-5,8-13,18H,2-3,6-7,14H2,1H3,(H,24,26). The van der Waals surface area contributed by atoms with Gasteiger partial charge in [0.2, 0.25) is 10.0 Å². The number of benzene rings is 2. The Balaban J connectivity index is 1.79. The van der Waals surface area contributed by atoms with E-state index in [1.807, 2.05) is 25.1 Å². The van der Waals surface area contributed by atoms with Gasteiger partial charge in [-0.2, -0.15) is 4.31 Å². The Hall–Kier alpha value is -2.51. The third-order valence-electron chi connectivity index (χ3n) is 5.56. The van der Waals surface area contributed by atoms with E-state index in [9.17, 15) is 17.6 Å². The van der Waals surface area contributed by atoms with Crippen LogP contribution >= 0.6 is 0 Å². The molecule has 1 fully saturated rings. The molecule has 1 aliphatic carbocycles. The molecule has 0 saturated heterocycles. The minimum atomic E-state index is -4.09. The van der Waals surface area contributed by atoms with Crippen LogP contribution in [-0.2, 0) is 16.6 Å². The molecular formula is C22H23FN2O3S. The lowest BCUT2D eigenvalue weighted by Crippen LogP contribution is -2.40. The van der Waals surface area contributed by atoms with Crippen molar-refractivity contribution in [3.8, 4) is 0 Å². The summed E-state index contributed by atoms with van der Waals surface area (Å²) in [5.41, 5.74) is 1.78. The van der Waals surface area contributed by atoms with Crippen LogP contribution in [0, 0.1) is 12.7 Å². The van der Waals surface area contributed by atoms with Crippen molar-refractivity contribution in [2.75, 3.05) is 0 Å². The molecular weight excluding hydrogens is 391 g/mol. The van der Waals surface area contributed by atoms with E-state index in [0.717, 1.165) is 29.9 Å². The molecule has 0 bridgehead atoms. The highest BCUT2D eigenvalue weighted by Gasteiger charge is 2.35. The van der Waals surface area contributed by atoms with Gasteiger partial charge < -0.3 is 4.98 Å². The Bertz CT molecular complexity index is 1210. The van der Waals surface area contributed by atoms with Crippen molar-refractivity contribution in [1.82, 2.24) is 9.29 Å². The molecule has 1 saturated carbocycles. The number of fused-ring (bicyclic) bond motifs is 1. The zero-order valence-electron chi connectivity index (χ0n) is 16.2. The summed E-state index contributed by atoms with van der Waals surface area (Å²) in [5.74, 6) is -0.779. The summed E-state index contributed by atoms with van der Waals surface area (Å²) >= 11 is 0. The van der Waals surface area contributed by atoms with Crippen molar-refractivity contribution < 1.29 is 12.8 Å². The molecule has 29 heavy (non-hydrogen) atoms. The Morgan fingerprint density at radius 1 is 1.10 bits per heavy atom. The lowest BCUT2D eigenvalue weighted by Gasteiger charge is -2.28. The Morgan fingerprint density at radius 2 is 1.83 bits per heavy atom. The fraction of sp³-hybridized carbons (Fsp3) is 0.318. The first kappa shape index (κ1) is 19.8. The highest BCUT2D eigenvalue weighted by atomic mass is 32.2. The molecule has 4 rings (SSSR count). The minimum Gasteiger partial charge on any atom is -0.322 e. The number of aryl methyl sites for hydroxylation is 1. The Labute approximate surface area is 169 Å². The lowest BCUT2D eigenvalue weighted by molar-refractivity contribution is 0.314. The summed E-state index contributed by atoms with van der Waals surface area (Å²) in [7, 11) is -4.09. The van der Waals surface area contributed by atoms with Crippen LogP contribution in [0.1, 0.15) is 36.8 Å². The number of aromatic nitrogens is 1. The largest absolute Gasteiger partial charge is 0.322 e. The second-order valence-electron chi connectivity index (χ2n) is 7.63. The van der Waals surface area contributed by atoms with Crippen molar-refractivity contribution in [2.45, 2.75) is 50.1 Å². The quantitative estimate of drug-likeness (QED) is 0.683. The van der Waals surface area contributed by atoms with Crippen LogP contribution in [0.15, 0.2) is 58.2 Å². The van der Waals surface area contributed by atoms with Crippen molar-refractivity contribution in [2.24, 2.45) is 0 Å². The number of aromatic amines is 1. The van der Waals surface area contributed by atoms with Gasteiger partial charge in [0.1, 0.15) is 10.7 Å². The van der Waals surface area contributed by atoms with Crippen LogP contribution in [0.2, 0.25) is 0 Å². The smallest absolute Gasteiger partial charge is 0.252 e. The second-order valence-corrected chi connectivity index (χ2v) is 9.49. The van der Waals surface area contributed by atoms with E-state index in [4.69, 9.17) is 0 Å². The highest BCUT2D eigenvalue weighted by molar-refractivity contribution is 7.89. The predicted molar refractivity (Wildman–Crippen MR) is 111 cm³/mol. The second kappa shape index (κ2) is 7.72. The number of nitrogens with zero attached hydrogens (tertiary/aromatic N) is 1. The number of halogens is 1.